The molecule has 0 aromatic carbocycles. The summed E-state index contributed by atoms with van der Waals surface area (Å²) in [6.07, 6.45) is -0.837. The molecule has 48 valence electrons. The van der Waals surface area contributed by atoms with Crippen molar-refractivity contribution >= 4 is 0 Å². The Morgan fingerprint density at radius 3 is 2.62 bits per heavy atom. The van der Waals surface area contributed by atoms with Crippen LogP contribution in [0.15, 0.2) is 0 Å². The lowest BCUT2D eigenvalue weighted by atomic mass is 10.3. The topological polar surface area (TPSA) is 18.5 Å². The Morgan fingerprint density at radius 1 is 1.62 bits per heavy atom. The summed E-state index contributed by atoms with van der Waals surface area (Å²) in [5, 5.41) is 0. The first-order chi connectivity index (χ1) is 3.84. The Bertz CT molecular complexity index is 76.8. The Hall–Kier alpha value is -0.150. The van der Waals surface area contributed by atoms with Crippen molar-refractivity contribution < 1.29 is 13.9 Å². The molecular formula is C5H9FO2. The van der Waals surface area contributed by atoms with Gasteiger partial charge in [-0.2, -0.15) is 0 Å². The van der Waals surface area contributed by atoms with Crippen LogP contribution in [0, 0.1) is 0 Å². The van der Waals surface area contributed by atoms with Gasteiger partial charge in [0.05, 0.1) is 0 Å². The van der Waals surface area contributed by atoms with Gasteiger partial charge in [0.15, 0.2) is 6.79 Å². The van der Waals surface area contributed by atoms with E-state index in [4.69, 9.17) is 4.74 Å². The molecule has 0 aromatic rings. The van der Waals surface area contributed by atoms with Crippen molar-refractivity contribution in [3.63, 3.8) is 0 Å². The molecule has 1 fully saturated rings. The molecule has 8 heavy (non-hydrogen) atoms. The summed E-state index contributed by atoms with van der Waals surface area (Å²) in [5.74, 6) is 0. The third-order valence-electron chi connectivity index (χ3n) is 1.20. The summed E-state index contributed by atoms with van der Waals surface area (Å²) in [6, 6.07) is 0. The van der Waals surface area contributed by atoms with E-state index < -0.39 is 6.36 Å². The van der Waals surface area contributed by atoms with Gasteiger partial charge in [0, 0.05) is 0 Å². The van der Waals surface area contributed by atoms with Crippen LogP contribution in [0.1, 0.15) is 13.3 Å². The molecule has 1 aliphatic rings. The third kappa shape index (κ3) is 0.980. The minimum absolute atomic E-state index is 0.111. The van der Waals surface area contributed by atoms with Crippen LogP contribution in [0.4, 0.5) is 4.39 Å². The van der Waals surface area contributed by atoms with Gasteiger partial charge >= 0.3 is 0 Å². The number of hydrogen-bond donors (Lipinski definition) is 0. The monoisotopic (exact) mass is 120 g/mol. The summed E-state index contributed by atoms with van der Waals surface area (Å²) in [6.45, 7) is 1.98. The van der Waals surface area contributed by atoms with Gasteiger partial charge in [0.1, 0.15) is 6.10 Å². The molecule has 2 unspecified atom stereocenters. The largest absolute Gasteiger partial charge is 0.346 e. The van der Waals surface area contributed by atoms with Gasteiger partial charge < -0.3 is 9.47 Å². The minimum Gasteiger partial charge on any atom is -0.346 e. The van der Waals surface area contributed by atoms with Crippen LogP contribution in [-0.2, 0) is 9.47 Å². The molecule has 1 aliphatic heterocycles. The SMILES string of the molecule is CCC1OCOC1F. The summed E-state index contributed by atoms with van der Waals surface area (Å²) in [4.78, 5) is 0. The molecule has 0 bridgehead atoms. The first-order valence-electron chi connectivity index (χ1n) is 2.72. The summed E-state index contributed by atoms with van der Waals surface area (Å²) in [7, 11) is 0. The fourth-order valence-electron chi connectivity index (χ4n) is 0.678. The number of ether oxygens (including phenoxy) is 2. The van der Waals surface area contributed by atoms with E-state index in [9.17, 15) is 4.39 Å². The van der Waals surface area contributed by atoms with Crippen LogP contribution in [0.3, 0.4) is 0 Å². The second-order valence-electron chi connectivity index (χ2n) is 1.75. The van der Waals surface area contributed by atoms with Gasteiger partial charge in [-0.25, -0.2) is 4.39 Å². The third-order valence-corrected chi connectivity index (χ3v) is 1.20. The van der Waals surface area contributed by atoms with Crippen LogP contribution in [0.25, 0.3) is 0 Å². The Kier molecular flexibility index (Phi) is 1.81. The summed E-state index contributed by atoms with van der Waals surface area (Å²) in [5.41, 5.74) is 0. The quantitative estimate of drug-likeness (QED) is 0.515. The molecule has 1 saturated heterocycles. The fourth-order valence-corrected chi connectivity index (χ4v) is 0.678. The van der Waals surface area contributed by atoms with Gasteiger partial charge in [-0.05, 0) is 6.42 Å². The Balaban J connectivity index is 2.30. The van der Waals surface area contributed by atoms with Crippen molar-refractivity contribution in [1.82, 2.24) is 0 Å². The van der Waals surface area contributed by atoms with E-state index in [-0.39, 0.29) is 12.9 Å². The Morgan fingerprint density at radius 2 is 2.38 bits per heavy atom. The van der Waals surface area contributed by atoms with Crippen LogP contribution >= 0.6 is 0 Å². The molecule has 2 atom stereocenters. The number of hydrogen-bond acceptors (Lipinski definition) is 2. The molecule has 0 N–H and O–H groups in total. The lowest BCUT2D eigenvalue weighted by Gasteiger charge is -2.03. The molecule has 0 radical (unpaired) electrons. The average molecular weight is 120 g/mol. The molecule has 0 aliphatic carbocycles. The molecule has 0 saturated carbocycles. The zero-order chi connectivity index (χ0) is 5.98. The molecule has 0 spiro atoms. The van der Waals surface area contributed by atoms with Crippen molar-refractivity contribution in [3.8, 4) is 0 Å². The number of rotatable bonds is 1. The average Bonchev–Trinajstić information content (AvgIpc) is 2.14. The zero-order valence-corrected chi connectivity index (χ0v) is 4.76. The normalized spacial score (nSPS) is 38.2. The van der Waals surface area contributed by atoms with Crippen LogP contribution in [-0.4, -0.2) is 19.3 Å². The van der Waals surface area contributed by atoms with Crippen LogP contribution in [0.5, 0.6) is 0 Å². The standard InChI is InChI=1S/C5H9FO2/c1-2-4-5(6)8-3-7-4/h4-5H,2-3H2,1H3. The highest BCUT2D eigenvalue weighted by molar-refractivity contribution is 4.61. The van der Waals surface area contributed by atoms with Crippen LogP contribution in [0.2, 0.25) is 0 Å². The van der Waals surface area contributed by atoms with Gasteiger partial charge in [-0.15, -0.1) is 0 Å². The second-order valence-corrected chi connectivity index (χ2v) is 1.75. The maximum atomic E-state index is 12.2. The van der Waals surface area contributed by atoms with Gasteiger partial charge in [-0.1, -0.05) is 6.92 Å². The fraction of sp³-hybridized carbons (Fsp3) is 1.00. The Labute approximate surface area is 47.6 Å². The molecular weight excluding hydrogens is 111 g/mol. The van der Waals surface area contributed by atoms with Gasteiger partial charge in [-0.3, -0.25) is 0 Å². The number of halogens is 1. The highest BCUT2D eigenvalue weighted by Crippen LogP contribution is 2.15. The van der Waals surface area contributed by atoms with Gasteiger partial charge in [0.2, 0.25) is 6.36 Å². The lowest BCUT2D eigenvalue weighted by Crippen LogP contribution is -2.15. The van der Waals surface area contributed by atoms with E-state index >= 15 is 0 Å². The van der Waals surface area contributed by atoms with E-state index in [1.807, 2.05) is 6.92 Å². The van der Waals surface area contributed by atoms with E-state index in [1.54, 1.807) is 0 Å². The lowest BCUT2D eigenvalue weighted by molar-refractivity contribution is -0.00580. The van der Waals surface area contributed by atoms with Crippen molar-refractivity contribution in [3.05, 3.63) is 0 Å². The van der Waals surface area contributed by atoms with E-state index in [0.29, 0.717) is 6.42 Å². The maximum Gasteiger partial charge on any atom is 0.227 e. The van der Waals surface area contributed by atoms with E-state index in [1.165, 1.54) is 0 Å². The van der Waals surface area contributed by atoms with Crippen molar-refractivity contribution in [2.24, 2.45) is 0 Å². The van der Waals surface area contributed by atoms with Crippen LogP contribution < -0.4 is 0 Å². The minimum atomic E-state index is -1.19. The maximum absolute atomic E-state index is 12.2. The molecule has 2 nitrogen and oxygen atoms in total. The predicted octanol–water partition coefficient (Wildman–Crippen LogP) is 1.06. The highest BCUT2D eigenvalue weighted by atomic mass is 19.1. The first kappa shape index (κ1) is 5.98. The van der Waals surface area contributed by atoms with E-state index in [0.717, 1.165) is 0 Å². The predicted molar refractivity (Wildman–Crippen MR) is 26.0 cm³/mol. The van der Waals surface area contributed by atoms with Gasteiger partial charge in [0.25, 0.3) is 0 Å². The second kappa shape index (κ2) is 2.42. The van der Waals surface area contributed by atoms with E-state index in [2.05, 4.69) is 4.74 Å². The molecule has 3 heteroatoms. The summed E-state index contributed by atoms with van der Waals surface area (Å²) < 4.78 is 21.5. The summed E-state index contributed by atoms with van der Waals surface area (Å²) >= 11 is 0. The van der Waals surface area contributed by atoms with Crippen molar-refractivity contribution in [1.29, 1.82) is 0 Å². The zero-order valence-electron chi connectivity index (χ0n) is 4.76. The van der Waals surface area contributed by atoms with Crippen molar-refractivity contribution in [2.45, 2.75) is 25.8 Å². The molecule has 0 aromatic heterocycles. The molecule has 0 amide bonds. The highest BCUT2D eigenvalue weighted by Gasteiger charge is 2.26. The smallest absolute Gasteiger partial charge is 0.227 e. The molecule has 1 rings (SSSR count). The van der Waals surface area contributed by atoms with Crippen molar-refractivity contribution in [2.75, 3.05) is 6.79 Å². The number of alkyl halides is 1. The molecule has 1 heterocycles. The first-order valence-corrected chi connectivity index (χ1v) is 2.72.